The molecule has 1 atom stereocenters. The predicted molar refractivity (Wildman–Crippen MR) is 148 cm³/mol. The minimum absolute atomic E-state index is 0.0300. The molecule has 8 heteroatoms. The summed E-state index contributed by atoms with van der Waals surface area (Å²) in [5.41, 5.74) is 2.53. The van der Waals surface area contributed by atoms with Crippen LogP contribution < -0.4 is 15.0 Å². The van der Waals surface area contributed by atoms with Gasteiger partial charge in [-0.3, -0.25) is 14.9 Å². The molecule has 8 nitrogen and oxygen atoms in total. The molecule has 4 aliphatic carbocycles. The zero-order chi connectivity index (χ0) is 26.4. The SMILES string of the molecule is COc1ccccc1C(=O)N1CCN(c2ccc([N+](=O)[O-])c(N[C@H](C)C34CC5CC(CC(C5)C3)C4)c2)CC1. The highest BCUT2D eigenvalue weighted by molar-refractivity contribution is 5.97. The highest BCUT2D eigenvalue weighted by Crippen LogP contribution is 2.61. The number of nitrogens with one attached hydrogen (secondary N) is 1. The van der Waals surface area contributed by atoms with Gasteiger partial charge in [-0.2, -0.15) is 0 Å². The molecule has 7 rings (SSSR count). The number of nitro benzene ring substituents is 1. The van der Waals surface area contributed by atoms with Crippen molar-refractivity contribution < 1.29 is 14.5 Å². The molecule has 1 heterocycles. The van der Waals surface area contributed by atoms with E-state index < -0.39 is 0 Å². The molecule has 5 fully saturated rings. The van der Waals surface area contributed by atoms with E-state index in [0.29, 0.717) is 43.2 Å². The van der Waals surface area contributed by atoms with Crippen LogP contribution in [0.5, 0.6) is 5.75 Å². The maximum Gasteiger partial charge on any atom is 0.292 e. The minimum atomic E-state index is -0.275. The van der Waals surface area contributed by atoms with Gasteiger partial charge in [0.15, 0.2) is 0 Å². The summed E-state index contributed by atoms with van der Waals surface area (Å²) in [5, 5.41) is 15.6. The standard InChI is InChI=1S/C30H38N4O4/c1-20(30-17-21-13-22(18-30)15-23(14-21)19-30)31-26-16-24(7-8-27(26)34(36)37)32-9-11-33(12-10-32)29(35)25-5-3-4-6-28(25)38-2/h3-8,16,20-23,31H,9-15,17-19H2,1-2H3/t20-,21?,22?,23?,30?/m1/s1. The Kier molecular flexibility index (Phi) is 6.44. The van der Waals surface area contributed by atoms with E-state index in [9.17, 15) is 14.9 Å². The van der Waals surface area contributed by atoms with Gasteiger partial charge in [0.25, 0.3) is 11.6 Å². The Morgan fingerprint density at radius 1 is 1.03 bits per heavy atom. The molecule has 1 saturated heterocycles. The van der Waals surface area contributed by atoms with Gasteiger partial charge in [0, 0.05) is 44.0 Å². The average molecular weight is 519 g/mol. The van der Waals surface area contributed by atoms with Crippen molar-refractivity contribution in [2.75, 3.05) is 43.5 Å². The molecule has 2 aromatic rings. The summed E-state index contributed by atoms with van der Waals surface area (Å²) < 4.78 is 5.38. The van der Waals surface area contributed by atoms with E-state index in [4.69, 9.17) is 4.74 Å². The maximum atomic E-state index is 13.1. The van der Waals surface area contributed by atoms with E-state index in [1.807, 2.05) is 29.2 Å². The zero-order valence-electron chi connectivity index (χ0n) is 22.4. The highest BCUT2D eigenvalue weighted by atomic mass is 16.6. The van der Waals surface area contributed by atoms with E-state index in [1.165, 1.54) is 38.5 Å². The summed E-state index contributed by atoms with van der Waals surface area (Å²) in [6.45, 7) is 4.75. The molecule has 1 N–H and O–H groups in total. The Morgan fingerprint density at radius 3 is 2.26 bits per heavy atom. The van der Waals surface area contributed by atoms with E-state index in [1.54, 1.807) is 25.3 Å². The number of amides is 1. The number of carbonyl (C=O) groups is 1. The number of carbonyl (C=O) groups excluding carboxylic acids is 1. The zero-order valence-corrected chi connectivity index (χ0v) is 22.4. The third-order valence-electron chi connectivity index (χ3n) is 9.82. The van der Waals surface area contributed by atoms with Crippen LogP contribution >= 0.6 is 0 Å². The molecule has 2 aromatic carbocycles. The molecule has 5 aliphatic rings. The van der Waals surface area contributed by atoms with Crippen LogP contribution in [0, 0.1) is 33.3 Å². The number of hydrogen-bond acceptors (Lipinski definition) is 6. The third kappa shape index (κ3) is 4.48. The fourth-order valence-corrected chi connectivity index (χ4v) is 8.25. The average Bonchev–Trinajstić information content (AvgIpc) is 2.92. The van der Waals surface area contributed by atoms with E-state index in [0.717, 1.165) is 23.4 Å². The van der Waals surface area contributed by atoms with Crippen LogP contribution in [-0.2, 0) is 0 Å². The molecular weight excluding hydrogens is 480 g/mol. The first-order valence-corrected chi connectivity index (χ1v) is 14.1. The van der Waals surface area contributed by atoms with Crippen molar-refractivity contribution in [3.63, 3.8) is 0 Å². The minimum Gasteiger partial charge on any atom is -0.496 e. The third-order valence-corrected chi connectivity index (χ3v) is 9.82. The van der Waals surface area contributed by atoms with E-state index >= 15 is 0 Å². The molecule has 4 bridgehead atoms. The van der Waals surface area contributed by atoms with Gasteiger partial charge in [-0.15, -0.1) is 0 Å². The lowest BCUT2D eigenvalue weighted by atomic mass is 9.48. The van der Waals surface area contributed by atoms with Crippen molar-refractivity contribution in [3.05, 3.63) is 58.1 Å². The summed E-state index contributed by atoms with van der Waals surface area (Å²) in [6.07, 6.45) is 7.90. The first kappa shape index (κ1) is 25.0. The Bertz CT molecular complexity index is 1190. The first-order valence-electron chi connectivity index (χ1n) is 14.1. The van der Waals surface area contributed by atoms with Crippen molar-refractivity contribution in [1.82, 2.24) is 4.90 Å². The summed E-state index contributed by atoms with van der Waals surface area (Å²) >= 11 is 0. The van der Waals surface area contributed by atoms with Crippen molar-refractivity contribution in [2.24, 2.45) is 23.2 Å². The van der Waals surface area contributed by atoms with Crippen molar-refractivity contribution >= 4 is 23.0 Å². The molecule has 0 spiro atoms. The number of benzene rings is 2. The number of hydrogen-bond donors (Lipinski definition) is 1. The Hall–Kier alpha value is -3.29. The normalized spacial score (nSPS) is 28.7. The second kappa shape index (κ2) is 9.79. The molecule has 202 valence electrons. The van der Waals surface area contributed by atoms with Crippen LogP contribution in [0.4, 0.5) is 17.1 Å². The molecular formula is C30H38N4O4. The van der Waals surface area contributed by atoms with Crippen LogP contribution in [0.2, 0.25) is 0 Å². The quantitative estimate of drug-likeness (QED) is 0.380. The lowest BCUT2D eigenvalue weighted by Gasteiger charge is -2.59. The van der Waals surface area contributed by atoms with Crippen molar-refractivity contribution in [1.29, 1.82) is 0 Å². The van der Waals surface area contributed by atoms with Gasteiger partial charge >= 0.3 is 0 Å². The van der Waals surface area contributed by atoms with Crippen molar-refractivity contribution in [2.45, 2.75) is 51.5 Å². The van der Waals surface area contributed by atoms with Gasteiger partial charge in [0.1, 0.15) is 11.4 Å². The van der Waals surface area contributed by atoms with Crippen LogP contribution in [0.3, 0.4) is 0 Å². The summed E-state index contributed by atoms with van der Waals surface area (Å²) in [5.74, 6) is 3.06. The Morgan fingerprint density at radius 2 is 1.66 bits per heavy atom. The smallest absolute Gasteiger partial charge is 0.292 e. The second-order valence-corrected chi connectivity index (χ2v) is 12.1. The number of nitrogens with zero attached hydrogens (tertiary/aromatic N) is 3. The summed E-state index contributed by atoms with van der Waals surface area (Å²) in [6, 6.07) is 12.9. The molecule has 4 saturated carbocycles. The Balaban J connectivity index is 1.17. The predicted octanol–water partition coefficient (Wildman–Crippen LogP) is 5.58. The van der Waals surface area contributed by atoms with Gasteiger partial charge in [-0.25, -0.2) is 0 Å². The van der Waals surface area contributed by atoms with Gasteiger partial charge < -0.3 is 19.9 Å². The summed E-state index contributed by atoms with van der Waals surface area (Å²) in [4.78, 5) is 28.9. The van der Waals surface area contributed by atoms with Crippen molar-refractivity contribution in [3.8, 4) is 5.75 Å². The highest BCUT2D eigenvalue weighted by Gasteiger charge is 2.53. The number of anilines is 2. The molecule has 1 amide bonds. The van der Waals surface area contributed by atoms with E-state index in [2.05, 4.69) is 17.1 Å². The molecule has 1 aliphatic heterocycles. The second-order valence-electron chi connectivity index (χ2n) is 12.1. The fourth-order valence-electron chi connectivity index (χ4n) is 8.25. The largest absolute Gasteiger partial charge is 0.496 e. The Labute approximate surface area is 224 Å². The number of nitro groups is 1. The molecule has 0 unspecified atom stereocenters. The topological polar surface area (TPSA) is 88.0 Å². The number of ether oxygens (including phenoxy) is 1. The first-order chi connectivity index (χ1) is 18.3. The number of rotatable bonds is 7. The maximum absolute atomic E-state index is 13.1. The summed E-state index contributed by atoms with van der Waals surface area (Å²) in [7, 11) is 1.58. The monoisotopic (exact) mass is 518 g/mol. The lowest BCUT2D eigenvalue weighted by molar-refractivity contribution is -0.384. The number of piperazine rings is 1. The van der Waals surface area contributed by atoms with Gasteiger partial charge in [-0.05, 0) is 92.9 Å². The van der Waals surface area contributed by atoms with Gasteiger partial charge in [-0.1, -0.05) is 12.1 Å². The fraction of sp³-hybridized carbons (Fsp3) is 0.567. The van der Waals surface area contributed by atoms with Crippen LogP contribution in [0.15, 0.2) is 42.5 Å². The van der Waals surface area contributed by atoms with Gasteiger partial charge in [0.2, 0.25) is 0 Å². The van der Waals surface area contributed by atoms with Crippen LogP contribution in [0.1, 0.15) is 55.8 Å². The molecule has 0 aromatic heterocycles. The van der Waals surface area contributed by atoms with Crippen LogP contribution in [0.25, 0.3) is 0 Å². The van der Waals surface area contributed by atoms with E-state index in [-0.39, 0.29) is 28.0 Å². The van der Waals surface area contributed by atoms with Crippen LogP contribution in [-0.4, -0.2) is 55.1 Å². The molecule has 0 radical (unpaired) electrons. The van der Waals surface area contributed by atoms with Gasteiger partial charge in [0.05, 0.1) is 17.6 Å². The lowest BCUT2D eigenvalue weighted by Crippen LogP contribution is -2.53. The number of para-hydroxylation sites is 1. The molecule has 38 heavy (non-hydrogen) atoms. The number of methoxy groups -OCH3 is 1.